The second-order valence-corrected chi connectivity index (χ2v) is 9.56. The summed E-state index contributed by atoms with van der Waals surface area (Å²) in [4.78, 5) is 15.0. The second-order valence-electron chi connectivity index (χ2n) is 7.85. The van der Waals surface area contributed by atoms with Gasteiger partial charge >= 0.3 is 0 Å². The van der Waals surface area contributed by atoms with E-state index >= 15 is 0 Å². The summed E-state index contributed by atoms with van der Waals surface area (Å²) in [5, 5.41) is 2.96. The molecule has 2 N–H and O–H groups in total. The van der Waals surface area contributed by atoms with Gasteiger partial charge in [0.05, 0.1) is 4.90 Å². The van der Waals surface area contributed by atoms with Crippen LogP contribution in [0.1, 0.15) is 57.3 Å². The average molecular weight is 382 g/mol. The Balaban J connectivity index is 2.04. The van der Waals surface area contributed by atoms with Gasteiger partial charge in [0, 0.05) is 23.7 Å². The molecule has 1 aromatic carbocycles. The number of carbonyl (C=O) groups is 1. The molecule has 0 bridgehead atoms. The Bertz CT molecular complexity index is 723. The van der Waals surface area contributed by atoms with Gasteiger partial charge in [-0.3, -0.25) is 9.69 Å². The minimum atomic E-state index is -3.61. The van der Waals surface area contributed by atoms with Gasteiger partial charge in [-0.05, 0) is 71.8 Å². The first-order valence-electron chi connectivity index (χ1n) is 9.27. The number of hydrogen-bond donors (Lipinski definition) is 2. The second kappa shape index (κ2) is 8.50. The highest BCUT2D eigenvalue weighted by molar-refractivity contribution is 7.89. The molecule has 0 unspecified atom stereocenters. The first-order chi connectivity index (χ1) is 12.1. The van der Waals surface area contributed by atoms with E-state index in [1.807, 2.05) is 0 Å². The van der Waals surface area contributed by atoms with Crippen LogP contribution in [0.25, 0.3) is 0 Å². The SMILES string of the molecule is CC(C)NS(=O)(=O)c1cccc(C(=O)NCC(C)(C)N2CCCCC2)c1. The molecule has 1 aliphatic rings. The fourth-order valence-electron chi connectivity index (χ4n) is 3.19. The predicted molar refractivity (Wildman–Crippen MR) is 104 cm³/mol. The van der Waals surface area contributed by atoms with Crippen LogP contribution >= 0.6 is 0 Å². The first kappa shape index (κ1) is 20.9. The molecule has 1 aromatic rings. The molecule has 1 aliphatic heterocycles. The molecule has 1 fully saturated rings. The zero-order chi connectivity index (χ0) is 19.4. The van der Waals surface area contributed by atoms with Gasteiger partial charge < -0.3 is 5.32 Å². The molecule has 1 heterocycles. The molecule has 0 atom stereocenters. The molecule has 1 saturated heterocycles. The molecule has 2 rings (SSSR count). The highest BCUT2D eigenvalue weighted by Gasteiger charge is 2.28. The number of nitrogens with zero attached hydrogens (tertiary/aromatic N) is 1. The van der Waals surface area contributed by atoms with Gasteiger partial charge in [-0.1, -0.05) is 12.5 Å². The minimum absolute atomic E-state index is 0.106. The maximum Gasteiger partial charge on any atom is 0.251 e. The number of benzene rings is 1. The fourth-order valence-corrected chi connectivity index (χ4v) is 4.49. The topological polar surface area (TPSA) is 78.5 Å². The number of likely N-dealkylation sites (tertiary alicyclic amines) is 1. The molecule has 0 aromatic heterocycles. The van der Waals surface area contributed by atoms with Crippen molar-refractivity contribution < 1.29 is 13.2 Å². The summed E-state index contributed by atoms with van der Waals surface area (Å²) in [6, 6.07) is 5.95. The van der Waals surface area contributed by atoms with Crippen LogP contribution in [0.4, 0.5) is 0 Å². The number of nitrogens with one attached hydrogen (secondary N) is 2. The van der Waals surface area contributed by atoms with Crippen LogP contribution in [0.5, 0.6) is 0 Å². The lowest BCUT2D eigenvalue weighted by Crippen LogP contribution is -2.53. The van der Waals surface area contributed by atoms with Crippen LogP contribution in [0.15, 0.2) is 29.2 Å². The van der Waals surface area contributed by atoms with Gasteiger partial charge in [-0.25, -0.2) is 13.1 Å². The lowest BCUT2D eigenvalue weighted by Gasteiger charge is -2.41. The summed E-state index contributed by atoms with van der Waals surface area (Å²) < 4.78 is 27.1. The molecule has 0 spiro atoms. The van der Waals surface area contributed by atoms with Gasteiger partial charge in [0.15, 0.2) is 0 Å². The first-order valence-corrected chi connectivity index (χ1v) is 10.8. The van der Waals surface area contributed by atoms with E-state index in [0.29, 0.717) is 12.1 Å². The predicted octanol–water partition coefficient (Wildman–Crippen LogP) is 2.37. The van der Waals surface area contributed by atoms with Crippen molar-refractivity contribution in [2.24, 2.45) is 0 Å². The third-order valence-corrected chi connectivity index (χ3v) is 6.35. The van der Waals surface area contributed by atoms with Crippen LogP contribution < -0.4 is 10.0 Å². The van der Waals surface area contributed by atoms with E-state index in [2.05, 4.69) is 28.8 Å². The van der Waals surface area contributed by atoms with Gasteiger partial charge in [-0.15, -0.1) is 0 Å². The highest BCUT2D eigenvalue weighted by Crippen LogP contribution is 2.20. The van der Waals surface area contributed by atoms with Gasteiger partial charge in [0.1, 0.15) is 0 Å². The van der Waals surface area contributed by atoms with Gasteiger partial charge in [0.25, 0.3) is 5.91 Å². The van der Waals surface area contributed by atoms with E-state index in [4.69, 9.17) is 0 Å². The van der Waals surface area contributed by atoms with Crippen molar-refractivity contribution >= 4 is 15.9 Å². The third kappa shape index (κ3) is 5.53. The molecule has 0 radical (unpaired) electrons. The van der Waals surface area contributed by atoms with E-state index in [1.165, 1.54) is 31.4 Å². The zero-order valence-electron chi connectivity index (χ0n) is 16.2. The standard InChI is InChI=1S/C19H31N3O3S/c1-15(2)21-26(24,25)17-10-8-9-16(13-17)18(23)20-14-19(3,4)22-11-6-5-7-12-22/h8-10,13,15,21H,5-7,11-12,14H2,1-4H3,(H,20,23). The lowest BCUT2D eigenvalue weighted by atomic mass is 9.98. The van der Waals surface area contributed by atoms with Crippen LogP contribution in [0.2, 0.25) is 0 Å². The van der Waals surface area contributed by atoms with Crippen molar-refractivity contribution in [3.8, 4) is 0 Å². The Morgan fingerprint density at radius 1 is 1.19 bits per heavy atom. The normalized spacial score (nSPS) is 16.7. The van der Waals surface area contributed by atoms with Gasteiger partial charge in [0.2, 0.25) is 10.0 Å². The maximum atomic E-state index is 12.5. The van der Waals surface area contributed by atoms with Crippen LogP contribution in [0.3, 0.4) is 0 Å². The lowest BCUT2D eigenvalue weighted by molar-refractivity contribution is 0.0797. The van der Waals surface area contributed by atoms with E-state index in [-0.39, 0.29) is 22.4 Å². The smallest absolute Gasteiger partial charge is 0.251 e. The number of piperidine rings is 1. The summed E-state index contributed by atoms with van der Waals surface area (Å²) in [6.45, 7) is 10.4. The fraction of sp³-hybridized carbons (Fsp3) is 0.632. The van der Waals surface area contributed by atoms with Crippen LogP contribution in [0, 0.1) is 0 Å². The maximum absolute atomic E-state index is 12.5. The van der Waals surface area contributed by atoms with E-state index in [9.17, 15) is 13.2 Å². The van der Waals surface area contributed by atoms with Crippen LogP contribution in [-0.4, -0.2) is 50.4 Å². The average Bonchev–Trinajstić information content (AvgIpc) is 2.59. The van der Waals surface area contributed by atoms with E-state index < -0.39 is 10.0 Å². The molecular formula is C19H31N3O3S. The monoisotopic (exact) mass is 381 g/mol. The zero-order valence-corrected chi connectivity index (χ0v) is 17.0. The van der Waals surface area contributed by atoms with Crippen molar-refractivity contribution in [1.82, 2.24) is 14.9 Å². The Hall–Kier alpha value is -1.44. The summed E-state index contributed by atoms with van der Waals surface area (Å²) in [7, 11) is -3.61. The number of hydrogen-bond acceptors (Lipinski definition) is 4. The Morgan fingerprint density at radius 3 is 2.46 bits per heavy atom. The Kier molecular flexibility index (Phi) is 6.82. The Morgan fingerprint density at radius 2 is 1.85 bits per heavy atom. The summed E-state index contributed by atoms with van der Waals surface area (Å²) >= 11 is 0. The van der Waals surface area contributed by atoms with Crippen molar-refractivity contribution in [2.45, 2.75) is 63.4 Å². The quantitative estimate of drug-likeness (QED) is 0.760. The molecular weight excluding hydrogens is 350 g/mol. The van der Waals surface area contributed by atoms with E-state index in [1.54, 1.807) is 26.0 Å². The number of carbonyl (C=O) groups excluding carboxylic acids is 1. The molecule has 0 aliphatic carbocycles. The number of rotatable bonds is 7. The molecule has 146 valence electrons. The minimum Gasteiger partial charge on any atom is -0.350 e. The molecule has 1 amide bonds. The summed E-state index contributed by atoms with van der Waals surface area (Å²) in [5.41, 5.74) is 0.227. The number of sulfonamides is 1. The van der Waals surface area contributed by atoms with E-state index in [0.717, 1.165) is 13.1 Å². The molecule has 6 nitrogen and oxygen atoms in total. The highest BCUT2D eigenvalue weighted by atomic mass is 32.2. The van der Waals surface area contributed by atoms with Crippen molar-refractivity contribution in [2.75, 3.05) is 19.6 Å². The van der Waals surface area contributed by atoms with Gasteiger partial charge in [-0.2, -0.15) is 0 Å². The Labute approximate surface area is 157 Å². The molecule has 0 saturated carbocycles. The van der Waals surface area contributed by atoms with Crippen LogP contribution in [-0.2, 0) is 10.0 Å². The molecule has 7 heteroatoms. The van der Waals surface area contributed by atoms with Crippen molar-refractivity contribution in [3.63, 3.8) is 0 Å². The molecule has 26 heavy (non-hydrogen) atoms. The largest absolute Gasteiger partial charge is 0.350 e. The summed E-state index contributed by atoms with van der Waals surface area (Å²) in [5.74, 6) is -0.253. The third-order valence-electron chi connectivity index (χ3n) is 4.69. The van der Waals surface area contributed by atoms with Crippen molar-refractivity contribution in [1.29, 1.82) is 0 Å². The van der Waals surface area contributed by atoms with Crippen molar-refractivity contribution in [3.05, 3.63) is 29.8 Å². The number of amides is 1. The summed E-state index contributed by atoms with van der Waals surface area (Å²) in [6.07, 6.45) is 3.66.